The van der Waals surface area contributed by atoms with Crippen molar-refractivity contribution in [1.82, 2.24) is 0 Å². The number of ether oxygens (including phenoxy) is 3. The smallest absolute Gasteiger partial charge is 0.497 e. The van der Waals surface area contributed by atoms with Gasteiger partial charge in [0.25, 0.3) is 0 Å². The molecule has 1 saturated heterocycles. The second-order valence-corrected chi connectivity index (χ2v) is 6.37. The summed E-state index contributed by atoms with van der Waals surface area (Å²) in [5, 5.41) is 0. The third kappa shape index (κ3) is 3.03. The van der Waals surface area contributed by atoms with Gasteiger partial charge in [0.1, 0.15) is 17.1 Å². The molecule has 0 unspecified atom stereocenters. The summed E-state index contributed by atoms with van der Waals surface area (Å²) in [4.78, 5) is 12.0. The first kappa shape index (κ1) is 17.6. The van der Waals surface area contributed by atoms with Crippen LogP contribution in [-0.2, 0) is 14.0 Å². The van der Waals surface area contributed by atoms with E-state index in [-0.39, 0.29) is 0 Å². The van der Waals surface area contributed by atoms with Crippen molar-refractivity contribution < 1.29 is 28.3 Å². The lowest BCUT2D eigenvalue weighted by atomic mass is 9.77. The number of carbonyl (C=O) groups is 1. The Bertz CT molecular complexity index is 595. The van der Waals surface area contributed by atoms with Gasteiger partial charge in [0, 0.05) is 11.5 Å². The van der Waals surface area contributed by atoms with E-state index in [9.17, 15) is 4.79 Å². The summed E-state index contributed by atoms with van der Waals surface area (Å²) in [7, 11) is 3.70. The molecule has 1 heterocycles. The van der Waals surface area contributed by atoms with Gasteiger partial charge in [-0.15, -0.1) is 0 Å². The van der Waals surface area contributed by atoms with Crippen molar-refractivity contribution in [3.8, 4) is 11.5 Å². The van der Waals surface area contributed by atoms with E-state index in [1.54, 1.807) is 19.2 Å². The van der Waals surface area contributed by atoms with Gasteiger partial charge in [0.05, 0.1) is 32.5 Å². The number of esters is 1. The lowest BCUT2D eigenvalue weighted by Crippen LogP contribution is -2.41. The van der Waals surface area contributed by atoms with E-state index in [0.29, 0.717) is 22.5 Å². The molecule has 0 aliphatic carbocycles. The van der Waals surface area contributed by atoms with Crippen molar-refractivity contribution in [2.45, 2.75) is 38.9 Å². The van der Waals surface area contributed by atoms with E-state index in [0.717, 1.165) is 0 Å². The molecule has 1 aromatic carbocycles. The Morgan fingerprint density at radius 1 is 0.957 bits per heavy atom. The average Bonchev–Trinajstić information content (AvgIpc) is 2.73. The van der Waals surface area contributed by atoms with Crippen molar-refractivity contribution in [1.29, 1.82) is 0 Å². The highest BCUT2D eigenvalue weighted by Crippen LogP contribution is 2.38. The monoisotopic (exact) mass is 322 g/mol. The van der Waals surface area contributed by atoms with Crippen LogP contribution < -0.4 is 14.9 Å². The third-order valence-corrected chi connectivity index (χ3v) is 4.46. The maximum absolute atomic E-state index is 12.0. The zero-order chi connectivity index (χ0) is 17.4. The minimum atomic E-state index is -0.649. The largest absolute Gasteiger partial charge is 0.498 e. The molecule has 7 heteroatoms. The first-order valence-corrected chi connectivity index (χ1v) is 7.36. The molecule has 0 saturated carbocycles. The van der Waals surface area contributed by atoms with Gasteiger partial charge in [-0.25, -0.2) is 4.79 Å². The van der Waals surface area contributed by atoms with Crippen LogP contribution in [0.3, 0.4) is 0 Å². The molecule has 0 N–H and O–H groups in total. The molecular formula is C16H23BO6. The molecule has 126 valence electrons. The second kappa shape index (κ2) is 6.05. The highest BCUT2D eigenvalue weighted by molar-refractivity contribution is 6.63. The zero-order valence-corrected chi connectivity index (χ0v) is 14.7. The van der Waals surface area contributed by atoms with Crippen LogP contribution in [0, 0.1) is 0 Å². The maximum Gasteiger partial charge on any atom is 0.498 e. The fourth-order valence-electron chi connectivity index (χ4n) is 2.35. The normalized spacial score (nSPS) is 18.7. The Hall–Kier alpha value is -1.73. The second-order valence-electron chi connectivity index (χ2n) is 6.37. The quantitative estimate of drug-likeness (QED) is 0.622. The van der Waals surface area contributed by atoms with Crippen molar-refractivity contribution in [3.63, 3.8) is 0 Å². The summed E-state index contributed by atoms with van der Waals surface area (Å²) in [6.45, 7) is 7.85. The molecule has 0 spiro atoms. The fraction of sp³-hybridized carbons (Fsp3) is 0.562. The van der Waals surface area contributed by atoms with Gasteiger partial charge in [-0.2, -0.15) is 0 Å². The van der Waals surface area contributed by atoms with E-state index in [2.05, 4.69) is 0 Å². The van der Waals surface area contributed by atoms with Gasteiger partial charge >= 0.3 is 13.1 Å². The molecule has 23 heavy (non-hydrogen) atoms. The minimum Gasteiger partial charge on any atom is -0.497 e. The molecule has 0 aromatic heterocycles. The number of carbonyl (C=O) groups excluding carboxylic acids is 1. The van der Waals surface area contributed by atoms with Crippen molar-refractivity contribution in [2.24, 2.45) is 0 Å². The van der Waals surface area contributed by atoms with Gasteiger partial charge in [0.2, 0.25) is 0 Å². The maximum atomic E-state index is 12.0. The standard InChI is InChI=1S/C16H23BO6/c1-15(2)16(3,4)23-17(22-15)11-8-10(14(18)21-7)12(19-5)9-13(11)20-6/h8-9H,1-7H3. The van der Waals surface area contributed by atoms with Crippen LogP contribution >= 0.6 is 0 Å². The predicted molar refractivity (Wildman–Crippen MR) is 86.6 cm³/mol. The Labute approximate surface area is 137 Å². The van der Waals surface area contributed by atoms with Crippen LogP contribution in [0.1, 0.15) is 38.1 Å². The van der Waals surface area contributed by atoms with Crippen molar-refractivity contribution in [2.75, 3.05) is 21.3 Å². The molecule has 1 aliphatic heterocycles. The van der Waals surface area contributed by atoms with E-state index < -0.39 is 24.3 Å². The minimum absolute atomic E-state index is 0.292. The molecule has 0 atom stereocenters. The Balaban J connectivity index is 2.52. The predicted octanol–water partition coefficient (Wildman–Crippen LogP) is 1.79. The molecule has 1 aromatic rings. The Morgan fingerprint density at radius 3 is 1.91 bits per heavy atom. The lowest BCUT2D eigenvalue weighted by molar-refractivity contribution is 0.00578. The van der Waals surface area contributed by atoms with E-state index >= 15 is 0 Å². The summed E-state index contributed by atoms with van der Waals surface area (Å²) in [6.07, 6.45) is 0. The van der Waals surface area contributed by atoms with Crippen LogP contribution in [0.15, 0.2) is 12.1 Å². The van der Waals surface area contributed by atoms with Crippen LogP contribution in [-0.4, -0.2) is 45.6 Å². The molecule has 1 aliphatic rings. The molecule has 6 nitrogen and oxygen atoms in total. The summed E-state index contributed by atoms with van der Waals surface area (Å²) in [5.41, 5.74) is -0.0740. The van der Waals surface area contributed by atoms with Crippen LogP contribution in [0.2, 0.25) is 0 Å². The number of benzene rings is 1. The van der Waals surface area contributed by atoms with Gasteiger partial charge < -0.3 is 23.5 Å². The first-order chi connectivity index (χ1) is 10.7. The third-order valence-electron chi connectivity index (χ3n) is 4.46. The SMILES string of the molecule is COC(=O)c1cc(B2OC(C)(C)C(C)(C)O2)c(OC)cc1OC. The number of rotatable bonds is 4. The number of methoxy groups -OCH3 is 3. The molecule has 0 amide bonds. The lowest BCUT2D eigenvalue weighted by Gasteiger charge is -2.32. The molecule has 1 fully saturated rings. The van der Waals surface area contributed by atoms with Gasteiger partial charge in [-0.3, -0.25) is 0 Å². The summed E-state index contributed by atoms with van der Waals surface area (Å²) in [6, 6.07) is 3.26. The molecule has 2 rings (SSSR count). The number of hydrogen-bond donors (Lipinski definition) is 0. The zero-order valence-electron chi connectivity index (χ0n) is 14.7. The van der Waals surface area contributed by atoms with E-state index in [4.69, 9.17) is 23.5 Å². The highest BCUT2D eigenvalue weighted by Gasteiger charge is 2.52. The summed E-state index contributed by atoms with van der Waals surface area (Å²) >= 11 is 0. The van der Waals surface area contributed by atoms with E-state index in [1.165, 1.54) is 14.2 Å². The molecular weight excluding hydrogens is 299 g/mol. The Kier molecular flexibility index (Phi) is 4.64. The van der Waals surface area contributed by atoms with Crippen molar-refractivity contribution >= 4 is 18.6 Å². The van der Waals surface area contributed by atoms with Crippen LogP contribution in [0.4, 0.5) is 0 Å². The summed E-state index contributed by atoms with van der Waals surface area (Å²) in [5.74, 6) is 0.393. The summed E-state index contributed by atoms with van der Waals surface area (Å²) < 4.78 is 27.5. The van der Waals surface area contributed by atoms with E-state index in [1.807, 2.05) is 27.7 Å². The van der Waals surface area contributed by atoms with Gasteiger partial charge in [0.15, 0.2) is 0 Å². The molecule has 0 radical (unpaired) electrons. The van der Waals surface area contributed by atoms with Gasteiger partial charge in [-0.05, 0) is 33.8 Å². The Morgan fingerprint density at radius 2 is 1.48 bits per heavy atom. The highest BCUT2D eigenvalue weighted by atomic mass is 16.7. The van der Waals surface area contributed by atoms with Crippen LogP contribution in [0.25, 0.3) is 0 Å². The van der Waals surface area contributed by atoms with Crippen molar-refractivity contribution in [3.05, 3.63) is 17.7 Å². The van der Waals surface area contributed by atoms with Gasteiger partial charge in [-0.1, -0.05) is 0 Å². The molecule has 0 bridgehead atoms. The van der Waals surface area contributed by atoms with Crippen LogP contribution in [0.5, 0.6) is 11.5 Å². The first-order valence-electron chi connectivity index (χ1n) is 7.36. The average molecular weight is 322 g/mol. The fourth-order valence-corrected chi connectivity index (χ4v) is 2.35. The topological polar surface area (TPSA) is 63.2 Å². The number of hydrogen-bond acceptors (Lipinski definition) is 6.